The van der Waals surface area contributed by atoms with E-state index >= 15 is 0 Å². The zero-order chi connectivity index (χ0) is 14.0. The molecule has 2 atom stereocenters. The highest BCUT2D eigenvalue weighted by molar-refractivity contribution is 5.37. The third-order valence-electron chi connectivity index (χ3n) is 5.43. The minimum Gasteiger partial charge on any atom is -0.314 e. The first kappa shape index (κ1) is 14.6. The molecular formula is C18H29N. The van der Waals surface area contributed by atoms with E-state index in [-0.39, 0.29) is 0 Å². The van der Waals surface area contributed by atoms with Crippen LogP contribution in [0, 0.1) is 19.3 Å². The van der Waals surface area contributed by atoms with Crippen LogP contribution in [0.2, 0.25) is 0 Å². The highest BCUT2D eigenvalue weighted by Gasteiger charge is 2.52. The Bertz CT molecular complexity index is 431. The van der Waals surface area contributed by atoms with Crippen LogP contribution in [-0.2, 0) is 0 Å². The van der Waals surface area contributed by atoms with Gasteiger partial charge in [-0.3, -0.25) is 0 Å². The van der Waals surface area contributed by atoms with Gasteiger partial charge in [0.25, 0.3) is 0 Å². The molecule has 1 aliphatic carbocycles. The monoisotopic (exact) mass is 259 g/mol. The van der Waals surface area contributed by atoms with Crippen LogP contribution in [-0.4, -0.2) is 12.6 Å². The van der Waals surface area contributed by atoms with E-state index < -0.39 is 0 Å². The molecule has 19 heavy (non-hydrogen) atoms. The van der Waals surface area contributed by atoms with E-state index in [2.05, 4.69) is 58.1 Å². The van der Waals surface area contributed by atoms with E-state index in [1.54, 1.807) is 5.56 Å². The van der Waals surface area contributed by atoms with Gasteiger partial charge in [-0.2, -0.15) is 0 Å². The van der Waals surface area contributed by atoms with E-state index in [1.807, 2.05) is 0 Å². The van der Waals surface area contributed by atoms with Crippen LogP contribution in [0.25, 0.3) is 0 Å². The molecule has 2 rings (SSSR count). The molecule has 2 unspecified atom stereocenters. The number of hydrogen-bond donors (Lipinski definition) is 1. The Labute approximate surface area is 118 Å². The number of nitrogens with one attached hydrogen (secondary N) is 1. The number of hydrogen-bond acceptors (Lipinski definition) is 1. The molecule has 0 aliphatic heterocycles. The van der Waals surface area contributed by atoms with Crippen molar-refractivity contribution in [1.29, 1.82) is 0 Å². The van der Waals surface area contributed by atoms with Gasteiger partial charge in [-0.25, -0.2) is 0 Å². The fraction of sp³-hybridized carbons (Fsp3) is 0.667. The summed E-state index contributed by atoms with van der Waals surface area (Å²) in [6, 6.07) is 7.70. The highest BCUT2D eigenvalue weighted by atomic mass is 15.0. The summed E-state index contributed by atoms with van der Waals surface area (Å²) in [6.45, 7) is 12.5. The van der Waals surface area contributed by atoms with Gasteiger partial charge < -0.3 is 5.32 Å². The fourth-order valence-corrected chi connectivity index (χ4v) is 4.21. The second-order valence-corrected chi connectivity index (χ2v) is 6.20. The summed E-state index contributed by atoms with van der Waals surface area (Å²) < 4.78 is 0. The van der Waals surface area contributed by atoms with Crippen molar-refractivity contribution in [2.24, 2.45) is 5.41 Å². The molecule has 1 nitrogen and oxygen atoms in total. The molecule has 1 fully saturated rings. The molecule has 1 aromatic carbocycles. The lowest BCUT2D eigenvalue weighted by atomic mass is 9.51. The molecule has 0 spiro atoms. The Hall–Kier alpha value is -0.820. The van der Waals surface area contributed by atoms with Crippen LogP contribution in [0.1, 0.15) is 62.6 Å². The second-order valence-electron chi connectivity index (χ2n) is 6.20. The van der Waals surface area contributed by atoms with Crippen molar-refractivity contribution in [3.63, 3.8) is 0 Å². The smallest absolute Gasteiger partial charge is 0.0135 e. The Morgan fingerprint density at radius 3 is 2.37 bits per heavy atom. The van der Waals surface area contributed by atoms with E-state index in [1.165, 1.54) is 30.4 Å². The lowest BCUT2D eigenvalue weighted by Gasteiger charge is -2.57. The Kier molecular flexibility index (Phi) is 4.35. The molecule has 1 aliphatic rings. The summed E-state index contributed by atoms with van der Waals surface area (Å²) in [5.41, 5.74) is 4.91. The predicted molar refractivity (Wildman–Crippen MR) is 83.8 cm³/mol. The Balaban J connectivity index is 2.30. The van der Waals surface area contributed by atoms with Gasteiger partial charge in [-0.05, 0) is 62.1 Å². The van der Waals surface area contributed by atoms with Gasteiger partial charge in [-0.15, -0.1) is 0 Å². The van der Waals surface area contributed by atoms with E-state index in [4.69, 9.17) is 0 Å². The van der Waals surface area contributed by atoms with Crippen molar-refractivity contribution in [3.05, 3.63) is 34.9 Å². The van der Waals surface area contributed by atoms with Gasteiger partial charge in [0.1, 0.15) is 0 Å². The second kappa shape index (κ2) is 5.66. The lowest BCUT2D eigenvalue weighted by Crippen LogP contribution is -2.58. The average Bonchev–Trinajstić information content (AvgIpc) is 2.37. The maximum Gasteiger partial charge on any atom is 0.0135 e. The molecule has 0 bridgehead atoms. The molecular weight excluding hydrogens is 230 g/mol. The fourth-order valence-electron chi connectivity index (χ4n) is 4.21. The average molecular weight is 259 g/mol. The van der Waals surface area contributed by atoms with Gasteiger partial charge in [-0.1, -0.05) is 44.5 Å². The lowest BCUT2D eigenvalue weighted by molar-refractivity contribution is 0.0207. The van der Waals surface area contributed by atoms with Gasteiger partial charge in [0.05, 0.1) is 0 Å². The summed E-state index contributed by atoms with van der Waals surface area (Å²) in [5, 5.41) is 3.71. The topological polar surface area (TPSA) is 12.0 Å². The van der Waals surface area contributed by atoms with Crippen molar-refractivity contribution in [3.8, 4) is 0 Å². The van der Waals surface area contributed by atoms with Crippen LogP contribution in [0.5, 0.6) is 0 Å². The minimum absolute atomic E-state index is 0.468. The van der Waals surface area contributed by atoms with Gasteiger partial charge in [0.2, 0.25) is 0 Å². The molecule has 1 N–H and O–H groups in total. The number of benzene rings is 1. The third-order valence-corrected chi connectivity index (χ3v) is 5.43. The van der Waals surface area contributed by atoms with Crippen molar-refractivity contribution in [2.45, 2.75) is 65.8 Å². The Morgan fingerprint density at radius 1 is 1.16 bits per heavy atom. The normalized spacial score (nSPS) is 25.1. The van der Waals surface area contributed by atoms with E-state index in [9.17, 15) is 0 Å². The summed E-state index contributed by atoms with van der Waals surface area (Å²) in [6.07, 6.45) is 3.86. The van der Waals surface area contributed by atoms with Crippen LogP contribution in [0.4, 0.5) is 0 Å². The largest absolute Gasteiger partial charge is 0.314 e. The van der Waals surface area contributed by atoms with Gasteiger partial charge in [0, 0.05) is 6.04 Å². The van der Waals surface area contributed by atoms with Crippen molar-refractivity contribution in [2.75, 3.05) is 6.54 Å². The van der Waals surface area contributed by atoms with Gasteiger partial charge in [0.15, 0.2) is 0 Å². The van der Waals surface area contributed by atoms with Crippen LogP contribution < -0.4 is 5.32 Å². The van der Waals surface area contributed by atoms with Crippen LogP contribution >= 0.6 is 0 Å². The summed E-state index contributed by atoms with van der Waals surface area (Å²) >= 11 is 0. The molecule has 0 radical (unpaired) electrons. The molecule has 0 saturated heterocycles. The summed E-state index contributed by atoms with van der Waals surface area (Å²) in [4.78, 5) is 0. The molecule has 1 saturated carbocycles. The van der Waals surface area contributed by atoms with Crippen molar-refractivity contribution >= 4 is 0 Å². The van der Waals surface area contributed by atoms with E-state index in [0.717, 1.165) is 12.5 Å². The number of rotatable bonds is 5. The van der Waals surface area contributed by atoms with Crippen LogP contribution in [0.3, 0.4) is 0 Å². The highest BCUT2D eigenvalue weighted by Crippen LogP contribution is 2.57. The van der Waals surface area contributed by atoms with Crippen LogP contribution in [0.15, 0.2) is 18.2 Å². The molecule has 1 heteroatoms. The SMILES string of the molecule is CCNC1CC(c2ccc(C)cc2C)C1(CC)CC. The Morgan fingerprint density at radius 2 is 1.84 bits per heavy atom. The third kappa shape index (κ3) is 2.33. The molecule has 0 heterocycles. The first-order valence-electron chi connectivity index (χ1n) is 7.89. The summed E-state index contributed by atoms with van der Waals surface area (Å²) in [5.74, 6) is 0.743. The predicted octanol–water partition coefficient (Wildman–Crippen LogP) is 4.58. The maximum atomic E-state index is 3.71. The maximum absolute atomic E-state index is 3.71. The molecule has 106 valence electrons. The first-order chi connectivity index (χ1) is 9.08. The standard InChI is InChI=1S/C18H29N/c1-6-18(7-2)16(12-17(18)19-8-3)15-10-9-13(4)11-14(15)5/h9-11,16-17,19H,6-8,12H2,1-5H3. The van der Waals surface area contributed by atoms with Crippen molar-refractivity contribution < 1.29 is 0 Å². The molecule has 0 aromatic heterocycles. The zero-order valence-corrected chi connectivity index (χ0v) is 13.2. The number of aryl methyl sites for hydroxylation is 2. The van der Waals surface area contributed by atoms with E-state index in [0.29, 0.717) is 11.5 Å². The summed E-state index contributed by atoms with van der Waals surface area (Å²) in [7, 11) is 0. The minimum atomic E-state index is 0.468. The van der Waals surface area contributed by atoms with Gasteiger partial charge >= 0.3 is 0 Å². The molecule has 1 aromatic rings. The van der Waals surface area contributed by atoms with Crippen molar-refractivity contribution in [1.82, 2.24) is 5.32 Å². The quantitative estimate of drug-likeness (QED) is 0.816. The molecule has 0 amide bonds. The zero-order valence-electron chi connectivity index (χ0n) is 13.2. The first-order valence-corrected chi connectivity index (χ1v) is 7.89.